The first-order chi connectivity index (χ1) is 9.82. The molecule has 21 heavy (non-hydrogen) atoms. The number of hydrogen-bond donors (Lipinski definition) is 0. The van der Waals surface area contributed by atoms with Crippen LogP contribution in [0.1, 0.15) is 37.0 Å². The highest BCUT2D eigenvalue weighted by atomic mass is 19.1. The molecule has 1 aromatic rings. The molecule has 1 amide bonds. The number of rotatable bonds is 3. The lowest BCUT2D eigenvalue weighted by Crippen LogP contribution is -2.39. The van der Waals surface area contributed by atoms with Crippen molar-refractivity contribution in [2.24, 2.45) is 5.92 Å². The van der Waals surface area contributed by atoms with E-state index in [4.69, 9.17) is 0 Å². The first kappa shape index (κ1) is 15.3. The highest BCUT2D eigenvalue weighted by Gasteiger charge is 2.33. The Labute approximate surface area is 120 Å². The van der Waals surface area contributed by atoms with Gasteiger partial charge in [0.25, 0.3) is 5.91 Å². The maximum absolute atomic E-state index is 13.9. The van der Waals surface area contributed by atoms with E-state index in [0.717, 1.165) is 12.8 Å². The van der Waals surface area contributed by atoms with Crippen LogP contribution >= 0.6 is 0 Å². The minimum absolute atomic E-state index is 0.0184. The van der Waals surface area contributed by atoms with Crippen LogP contribution in [0, 0.1) is 27.7 Å². The molecule has 0 aromatic heterocycles. The summed E-state index contributed by atoms with van der Waals surface area (Å²) in [6.45, 7) is 4.41. The molecule has 1 aliphatic rings. The average molecular weight is 298 g/mol. The van der Waals surface area contributed by atoms with Crippen molar-refractivity contribution in [2.75, 3.05) is 6.54 Å². The second-order valence-electron chi connectivity index (χ2n) is 5.49. The lowest BCUT2D eigenvalue weighted by Gasteiger charge is -2.27. The quantitative estimate of drug-likeness (QED) is 0.636. The van der Waals surface area contributed by atoms with Gasteiger partial charge in [0.1, 0.15) is 5.82 Å². The summed E-state index contributed by atoms with van der Waals surface area (Å²) in [5.74, 6) is -2.67. The molecule has 0 radical (unpaired) electrons. The third-order valence-electron chi connectivity index (χ3n) is 3.79. The van der Waals surface area contributed by atoms with Crippen LogP contribution in [-0.2, 0) is 0 Å². The van der Waals surface area contributed by atoms with Crippen molar-refractivity contribution in [1.29, 1.82) is 0 Å². The van der Waals surface area contributed by atoms with E-state index < -0.39 is 33.7 Å². The number of likely N-dealkylation sites (tertiary alicyclic amines) is 1. The summed E-state index contributed by atoms with van der Waals surface area (Å²) in [5, 5.41) is 10.6. The number of carbonyl (C=O) groups excluding carboxylic acids is 1. The van der Waals surface area contributed by atoms with Gasteiger partial charge in [-0.25, -0.2) is 4.39 Å². The SMILES string of the molecule is CC(C)C1CCCN1C(=O)c1cc(F)c([N+](=O)[O-])cc1F. The lowest BCUT2D eigenvalue weighted by atomic mass is 10.0. The molecule has 0 N–H and O–H groups in total. The van der Waals surface area contributed by atoms with Crippen LogP contribution in [-0.4, -0.2) is 28.3 Å². The summed E-state index contributed by atoms with van der Waals surface area (Å²) in [7, 11) is 0. The minimum Gasteiger partial charge on any atom is -0.335 e. The Kier molecular flexibility index (Phi) is 4.20. The van der Waals surface area contributed by atoms with Gasteiger partial charge in [-0.1, -0.05) is 13.8 Å². The largest absolute Gasteiger partial charge is 0.335 e. The van der Waals surface area contributed by atoms with Gasteiger partial charge in [0.05, 0.1) is 16.6 Å². The van der Waals surface area contributed by atoms with Crippen LogP contribution in [0.15, 0.2) is 12.1 Å². The Hall–Kier alpha value is -2.05. The number of amides is 1. The van der Waals surface area contributed by atoms with Crippen LogP contribution in [0.5, 0.6) is 0 Å². The highest BCUT2D eigenvalue weighted by molar-refractivity contribution is 5.95. The summed E-state index contributed by atoms with van der Waals surface area (Å²) in [4.78, 5) is 23.4. The van der Waals surface area contributed by atoms with E-state index in [1.54, 1.807) is 0 Å². The molecular formula is C14H16F2N2O3. The smallest absolute Gasteiger partial charge is 0.307 e. The van der Waals surface area contributed by atoms with Crippen molar-refractivity contribution in [2.45, 2.75) is 32.7 Å². The normalized spacial score (nSPS) is 18.3. The fraction of sp³-hybridized carbons (Fsp3) is 0.500. The molecule has 1 atom stereocenters. The predicted molar refractivity (Wildman–Crippen MR) is 71.9 cm³/mol. The zero-order valence-electron chi connectivity index (χ0n) is 11.8. The molecular weight excluding hydrogens is 282 g/mol. The number of halogens is 2. The van der Waals surface area contributed by atoms with Gasteiger partial charge in [-0.15, -0.1) is 0 Å². The second kappa shape index (κ2) is 5.75. The van der Waals surface area contributed by atoms with Gasteiger partial charge in [0.15, 0.2) is 0 Å². The number of nitro benzene ring substituents is 1. The predicted octanol–water partition coefficient (Wildman–Crippen LogP) is 3.13. The van der Waals surface area contributed by atoms with Crippen LogP contribution in [0.4, 0.5) is 14.5 Å². The van der Waals surface area contributed by atoms with Crippen molar-refractivity contribution >= 4 is 11.6 Å². The van der Waals surface area contributed by atoms with Gasteiger partial charge in [0.2, 0.25) is 5.82 Å². The maximum Gasteiger partial charge on any atom is 0.307 e. The van der Waals surface area contributed by atoms with Crippen molar-refractivity contribution < 1.29 is 18.5 Å². The molecule has 7 heteroatoms. The third kappa shape index (κ3) is 2.86. The second-order valence-corrected chi connectivity index (χ2v) is 5.49. The van der Waals surface area contributed by atoms with Crippen LogP contribution in [0.3, 0.4) is 0 Å². The van der Waals surface area contributed by atoms with Gasteiger partial charge in [0, 0.05) is 12.6 Å². The standard InChI is InChI=1S/C14H16F2N2O3/c1-8(2)12-4-3-5-17(12)14(19)9-6-11(16)13(18(20)21)7-10(9)15/h6-8,12H,3-5H2,1-2H3. The summed E-state index contributed by atoms with van der Waals surface area (Å²) in [6, 6.07) is 1.06. The molecule has 1 fully saturated rings. The Morgan fingerprint density at radius 3 is 2.62 bits per heavy atom. The number of hydrogen-bond acceptors (Lipinski definition) is 3. The van der Waals surface area contributed by atoms with E-state index in [1.807, 2.05) is 13.8 Å². The molecule has 0 spiro atoms. The van der Waals surface area contributed by atoms with Crippen molar-refractivity contribution in [3.05, 3.63) is 39.4 Å². The van der Waals surface area contributed by atoms with E-state index in [1.165, 1.54) is 4.90 Å². The van der Waals surface area contributed by atoms with E-state index in [0.29, 0.717) is 18.7 Å². The topological polar surface area (TPSA) is 63.5 Å². The van der Waals surface area contributed by atoms with Gasteiger partial charge in [-0.3, -0.25) is 14.9 Å². The van der Waals surface area contributed by atoms with E-state index in [9.17, 15) is 23.7 Å². The third-order valence-corrected chi connectivity index (χ3v) is 3.79. The summed E-state index contributed by atoms with van der Waals surface area (Å²) in [6.07, 6.45) is 1.63. The van der Waals surface area contributed by atoms with Crippen molar-refractivity contribution in [3.63, 3.8) is 0 Å². The number of benzene rings is 1. The van der Waals surface area contributed by atoms with Gasteiger partial charge in [-0.2, -0.15) is 4.39 Å². The highest BCUT2D eigenvalue weighted by Crippen LogP contribution is 2.28. The number of carbonyl (C=O) groups is 1. The van der Waals surface area contributed by atoms with E-state index in [2.05, 4.69) is 0 Å². The zero-order valence-corrected chi connectivity index (χ0v) is 11.8. The van der Waals surface area contributed by atoms with Gasteiger partial charge < -0.3 is 4.90 Å². The van der Waals surface area contributed by atoms with Crippen molar-refractivity contribution in [1.82, 2.24) is 4.90 Å². The van der Waals surface area contributed by atoms with Crippen LogP contribution in [0.2, 0.25) is 0 Å². The van der Waals surface area contributed by atoms with Crippen LogP contribution in [0.25, 0.3) is 0 Å². The van der Waals surface area contributed by atoms with Gasteiger partial charge in [-0.05, 0) is 24.8 Å². The molecule has 1 aliphatic heterocycles. The van der Waals surface area contributed by atoms with Gasteiger partial charge >= 0.3 is 5.69 Å². The first-order valence-corrected chi connectivity index (χ1v) is 6.77. The Balaban J connectivity index is 2.36. The number of nitro groups is 1. The summed E-state index contributed by atoms with van der Waals surface area (Å²) < 4.78 is 27.5. The first-order valence-electron chi connectivity index (χ1n) is 6.77. The fourth-order valence-electron chi connectivity index (χ4n) is 2.73. The molecule has 1 unspecified atom stereocenters. The Morgan fingerprint density at radius 2 is 2.05 bits per heavy atom. The van der Waals surface area contributed by atoms with Crippen LogP contribution < -0.4 is 0 Å². The lowest BCUT2D eigenvalue weighted by molar-refractivity contribution is -0.387. The van der Waals surface area contributed by atoms with Crippen molar-refractivity contribution in [3.8, 4) is 0 Å². The van der Waals surface area contributed by atoms with E-state index >= 15 is 0 Å². The molecule has 0 saturated carbocycles. The Morgan fingerprint density at radius 1 is 1.38 bits per heavy atom. The summed E-state index contributed by atoms with van der Waals surface area (Å²) in [5.41, 5.74) is -1.42. The number of nitrogens with zero attached hydrogens (tertiary/aromatic N) is 2. The molecule has 2 rings (SSSR count). The monoisotopic (exact) mass is 298 g/mol. The molecule has 1 heterocycles. The Bertz CT molecular complexity index is 590. The molecule has 1 aromatic carbocycles. The maximum atomic E-state index is 13.9. The molecule has 0 aliphatic carbocycles. The molecule has 0 bridgehead atoms. The fourth-order valence-corrected chi connectivity index (χ4v) is 2.73. The molecule has 5 nitrogen and oxygen atoms in total. The summed E-state index contributed by atoms with van der Waals surface area (Å²) >= 11 is 0. The molecule has 114 valence electrons. The molecule has 1 saturated heterocycles. The average Bonchev–Trinajstić information content (AvgIpc) is 2.89. The minimum atomic E-state index is -1.20. The van der Waals surface area contributed by atoms with E-state index in [-0.39, 0.29) is 12.0 Å². The zero-order chi connectivity index (χ0) is 15.7.